The fourth-order valence-corrected chi connectivity index (χ4v) is 2.97. The molecule has 0 aliphatic carbocycles. The SMILES string of the molecule is CC(Oc1ccc(F)cc1Br)C(=O)Nc1cccc(N2CCNC2=O)c1. The lowest BCUT2D eigenvalue weighted by Crippen LogP contribution is -2.30. The molecule has 2 aromatic rings. The second kappa shape index (κ2) is 7.74. The number of halogens is 2. The van der Waals surface area contributed by atoms with Crippen molar-refractivity contribution < 1.29 is 18.7 Å². The van der Waals surface area contributed by atoms with Gasteiger partial charge in [0.05, 0.1) is 4.47 Å². The van der Waals surface area contributed by atoms with Gasteiger partial charge in [-0.15, -0.1) is 0 Å². The lowest BCUT2D eigenvalue weighted by atomic mass is 10.2. The molecule has 1 unspecified atom stereocenters. The van der Waals surface area contributed by atoms with Crippen LogP contribution in [0.15, 0.2) is 46.9 Å². The van der Waals surface area contributed by atoms with E-state index in [9.17, 15) is 14.0 Å². The van der Waals surface area contributed by atoms with Crippen molar-refractivity contribution in [3.8, 4) is 5.75 Å². The third kappa shape index (κ3) is 4.13. The number of hydrogen-bond donors (Lipinski definition) is 2. The van der Waals surface area contributed by atoms with E-state index >= 15 is 0 Å². The molecule has 1 aliphatic heterocycles. The standard InChI is InChI=1S/C18H17BrFN3O3/c1-11(26-16-6-5-12(20)9-15(16)19)17(24)22-13-3-2-4-14(10-13)23-8-7-21-18(23)25/h2-6,9-11H,7-8H2,1H3,(H,21,25)(H,22,24). The Hall–Kier alpha value is -2.61. The average molecular weight is 422 g/mol. The topological polar surface area (TPSA) is 70.7 Å². The molecule has 0 saturated carbocycles. The largest absolute Gasteiger partial charge is 0.480 e. The van der Waals surface area contributed by atoms with Crippen LogP contribution in [0.2, 0.25) is 0 Å². The minimum absolute atomic E-state index is 0.161. The van der Waals surface area contributed by atoms with Crippen molar-refractivity contribution in [3.63, 3.8) is 0 Å². The van der Waals surface area contributed by atoms with Crippen LogP contribution < -0.4 is 20.3 Å². The third-order valence-corrected chi connectivity index (χ3v) is 4.47. The number of anilines is 2. The van der Waals surface area contributed by atoms with Gasteiger partial charge in [-0.3, -0.25) is 9.69 Å². The molecule has 26 heavy (non-hydrogen) atoms. The molecule has 1 fully saturated rings. The lowest BCUT2D eigenvalue weighted by Gasteiger charge is -2.18. The van der Waals surface area contributed by atoms with Crippen LogP contribution in [-0.4, -0.2) is 31.1 Å². The van der Waals surface area contributed by atoms with Crippen molar-refractivity contribution in [2.24, 2.45) is 0 Å². The van der Waals surface area contributed by atoms with Gasteiger partial charge in [0.1, 0.15) is 11.6 Å². The van der Waals surface area contributed by atoms with Gasteiger partial charge in [-0.25, -0.2) is 9.18 Å². The van der Waals surface area contributed by atoms with E-state index in [0.29, 0.717) is 34.7 Å². The molecular weight excluding hydrogens is 405 g/mol. The number of urea groups is 1. The Morgan fingerprint density at radius 3 is 2.85 bits per heavy atom. The van der Waals surface area contributed by atoms with Crippen LogP contribution in [-0.2, 0) is 4.79 Å². The molecular formula is C18H17BrFN3O3. The summed E-state index contributed by atoms with van der Waals surface area (Å²) in [7, 11) is 0. The summed E-state index contributed by atoms with van der Waals surface area (Å²) in [6.45, 7) is 2.77. The number of nitrogens with zero attached hydrogens (tertiary/aromatic N) is 1. The zero-order valence-electron chi connectivity index (χ0n) is 14.0. The summed E-state index contributed by atoms with van der Waals surface area (Å²) in [5.74, 6) is -0.384. The number of carbonyl (C=O) groups is 2. The Morgan fingerprint density at radius 2 is 2.15 bits per heavy atom. The van der Waals surface area contributed by atoms with Gasteiger partial charge in [0.15, 0.2) is 6.10 Å². The van der Waals surface area contributed by atoms with Crippen molar-refractivity contribution in [1.82, 2.24) is 5.32 Å². The Kier molecular flexibility index (Phi) is 5.41. The molecule has 0 bridgehead atoms. The Bertz CT molecular complexity index is 846. The van der Waals surface area contributed by atoms with E-state index in [2.05, 4.69) is 26.6 Å². The van der Waals surface area contributed by atoms with Gasteiger partial charge in [0.25, 0.3) is 5.91 Å². The van der Waals surface area contributed by atoms with Crippen molar-refractivity contribution >= 4 is 39.2 Å². The van der Waals surface area contributed by atoms with Crippen LogP contribution in [0.3, 0.4) is 0 Å². The minimum Gasteiger partial charge on any atom is -0.480 e. The van der Waals surface area contributed by atoms with Gasteiger partial charge in [0, 0.05) is 24.5 Å². The zero-order chi connectivity index (χ0) is 18.7. The van der Waals surface area contributed by atoms with Gasteiger partial charge < -0.3 is 15.4 Å². The van der Waals surface area contributed by atoms with Gasteiger partial charge in [-0.2, -0.15) is 0 Å². The first-order valence-electron chi connectivity index (χ1n) is 8.02. The first-order chi connectivity index (χ1) is 12.4. The van der Waals surface area contributed by atoms with Crippen LogP contribution in [0.4, 0.5) is 20.6 Å². The highest BCUT2D eigenvalue weighted by molar-refractivity contribution is 9.10. The van der Waals surface area contributed by atoms with Crippen LogP contribution in [0, 0.1) is 5.82 Å². The van der Waals surface area contributed by atoms with E-state index in [1.54, 1.807) is 36.1 Å². The van der Waals surface area contributed by atoms with E-state index < -0.39 is 11.9 Å². The van der Waals surface area contributed by atoms with Gasteiger partial charge in [-0.1, -0.05) is 6.07 Å². The maximum Gasteiger partial charge on any atom is 0.321 e. The fourth-order valence-electron chi connectivity index (χ4n) is 2.53. The fraction of sp³-hybridized carbons (Fsp3) is 0.222. The maximum absolute atomic E-state index is 13.1. The summed E-state index contributed by atoms with van der Waals surface area (Å²) in [5, 5.41) is 5.49. The maximum atomic E-state index is 13.1. The highest BCUT2D eigenvalue weighted by atomic mass is 79.9. The number of carbonyl (C=O) groups excluding carboxylic acids is 2. The number of ether oxygens (including phenoxy) is 1. The molecule has 2 aromatic carbocycles. The molecule has 1 saturated heterocycles. The third-order valence-electron chi connectivity index (χ3n) is 3.85. The molecule has 3 amide bonds. The minimum atomic E-state index is -0.796. The molecule has 0 radical (unpaired) electrons. The molecule has 1 atom stereocenters. The molecule has 0 spiro atoms. The smallest absolute Gasteiger partial charge is 0.321 e. The monoisotopic (exact) mass is 421 g/mol. The van der Waals surface area contributed by atoms with Crippen molar-refractivity contribution in [2.75, 3.05) is 23.3 Å². The summed E-state index contributed by atoms with van der Waals surface area (Å²) in [6, 6.07) is 10.8. The molecule has 6 nitrogen and oxygen atoms in total. The second-order valence-electron chi connectivity index (χ2n) is 5.76. The summed E-state index contributed by atoms with van der Waals surface area (Å²) < 4.78 is 19.1. The van der Waals surface area contributed by atoms with E-state index in [1.807, 2.05) is 0 Å². The summed E-state index contributed by atoms with van der Waals surface area (Å²) in [4.78, 5) is 25.7. The molecule has 1 aliphatic rings. The van der Waals surface area contributed by atoms with E-state index in [4.69, 9.17) is 4.74 Å². The lowest BCUT2D eigenvalue weighted by molar-refractivity contribution is -0.122. The summed E-state index contributed by atoms with van der Waals surface area (Å²) >= 11 is 3.20. The summed E-state index contributed by atoms with van der Waals surface area (Å²) in [5.41, 5.74) is 1.26. The van der Waals surface area contributed by atoms with Gasteiger partial charge in [0.2, 0.25) is 0 Å². The first kappa shape index (κ1) is 18.2. The Balaban J connectivity index is 1.66. The van der Waals surface area contributed by atoms with Crippen molar-refractivity contribution in [2.45, 2.75) is 13.0 Å². The number of benzene rings is 2. The highest BCUT2D eigenvalue weighted by Crippen LogP contribution is 2.27. The quantitative estimate of drug-likeness (QED) is 0.775. The summed E-state index contributed by atoms with van der Waals surface area (Å²) in [6.07, 6.45) is -0.796. The normalized spacial score (nSPS) is 14.7. The number of amides is 3. The van der Waals surface area contributed by atoms with E-state index in [0.717, 1.165) is 0 Å². The van der Waals surface area contributed by atoms with Crippen LogP contribution in [0.5, 0.6) is 5.75 Å². The van der Waals surface area contributed by atoms with Crippen molar-refractivity contribution in [1.29, 1.82) is 0 Å². The molecule has 3 rings (SSSR count). The number of nitrogens with one attached hydrogen (secondary N) is 2. The average Bonchev–Trinajstić information content (AvgIpc) is 3.03. The zero-order valence-corrected chi connectivity index (χ0v) is 15.5. The number of rotatable bonds is 5. The first-order valence-corrected chi connectivity index (χ1v) is 8.81. The van der Waals surface area contributed by atoms with Crippen LogP contribution in [0.25, 0.3) is 0 Å². The van der Waals surface area contributed by atoms with E-state index in [1.165, 1.54) is 18.2 Å². The highest BCUT2D eigenvalue weighted by Gasteiger charge is 2.22. The second-order valence-corrected chi connectivity index (χ2v) is 6.61. The van der Waals surface area contributed by atoms with Crippen molar-refractivity contribution in [3.05, 3.63) is 52.8 Å². The Morgan fingerprint density at radius 1 is 1.35 bits per heavy atom. The number of hydrogen-bond acceptors (Lipinski definition) is 3. The molecule has 1 heterocycles. The van der Waals surface area contributed by atoms with E-state index in [-0.39, 0.29) is 11.9 Å². The predicted octanol–water partition coefficient (Wildman–Crippen LogP) is 3.52. The molecule has 136 valence electrons. The van der Waals surface area contributed by atoms with Gasteiger partial charge in [-0.05, 0) is 59.3 Å². The predicted molar refractivity (Wildman–Crippen MR) is 100 cm³/mol. The van der Waals surface area contributed by atoms with Gasteiger partial charge >= 0.3 is 6.03 Å². The van der Waals surface area contributed by atoms with Crippen LogP contribution in [0.1, 0.15) is 6.92 Å². The van der Waals surface area contributed by atoms with Crippen LogP contribution >= 0.6 is 15.9 Å². The Labute approximate surface area is 158 Å². The molecule has 2 N–H and O–H groups in total. The molecule has 0 aromatic heterocycles. The molecule has 8 heteroatoms.